The first-order valence-corrected chi connectivity index (χ1v) is 5.14. The van der Waals surface area contributed by atoms with E-state index in [9.17, 15) is 22.4 Å². The number of rotatable bonds is 7. The van der Waals surface area contributed by atoms with Crippen molar-refractivity contribution in [2.45, 2.75) is 12.3 Å². The molecule has 0 unspecified atom stereocenters. The second-order valence-corrected chi connectivity index (χ2v) is 3.53. The molecule has 0 bridgehead atoms. The van der Waals surface area contributed by atoms with E-state index in [4.69, 9.17) is 4.74 Å². The van der Waals surface area contributed by atoms with Crippen LogP contribution in [0.5, 0.6) is 5.75 Å². The first-order valence-electron chi connectivity index (χ1n) is 5.14. The minimum atomic E-state index is -4.28. The van der Waals surface area contributed by atoms with Gasteiger partial charge in [0.05, 0.1) is 7.11 Å². The fourth-order valence-corrected chi connectivity index (χ4v) is 1.18. The van der Waals surface area contributed by atoms with E-state index in [1.165, 1.54) is 25.4 Å². The van der Waals surface area contributed by atoms with Crippen LogP contribution in [0.3, 0.4) is 0 Å². The normalized spacial score (nSPS) is 11.7. The topological polar surface area (TPSA) is 48.4 Å². The van der Waals surface area contributed by atoms with Crippen LogP contribution in [0.4, 0.5) is 17.6 Å². The summed E-state index contributed by atoms with van der Waals surface area (Å²) in [6.45, 7) is -2.32. The van der Waals surface area contributed by atoms with Gasteiger partial charge in [-0.1, -0.05) is 0 Å². The lowest BCUT2D eigenvalue weighted by atomic mass is 10.2. The third-order valence-corrected chi connectivity index (χ3v) is 2.10. The zero-order valence-electron chi connectivity index (χ0n) is 9.91. The maximum atomic E-state index is 12.5. The Morgan fingerprint density at radius 1 is 1.47 bits per heavy atom. The number of carbonyl (C=O) groups excluding carboxylic acids is 1. The standard InChI is InChI=1S/C11H11F4NO3/c1-18-8-3-2-4-16-9(8)7(17)5-19-6-11(14,15)10(12)13/h2-4,10H,5-6H2,1H3. The van der Waals surface area contributed by atoms with Gasteiger partial charge in [-0.05, 0) is 12.1 Å². The molecule has 0 fully saturated rings. The van der Waals surface area contributed by atoms with Crippen molar-refractivity contribution in [2.75, 3.05) is 20.3 Å². The molecule has 0 radical (unpaired) electrons. The van der Waals surface area contributed by atoms with Crippen LogP contribution in [0.2, 0.25) is 0 Å². The molecule has 0 aliphatic carbocycles. The minimum absolute atomic E-state index is 0.106. The van der Waals surface area contributed by atoms with Crippen molar-refractivity contribution in [3.05, 3.63) is 24.0 Å². The molecule has 0 aliphatic heterocycles. The number of ether oxygens (including phenoxy) is 2. The number of nitrogens with zero attached hydrogens (tertiary/aromatic N) is 1. The fraction of sp³-hybridized carbons (Fsp3) is 0.455. The van der Waals surface area contributed by atoms with Gasteiger partial charge < -0.3 is 9.47 Å². The van der Waals surface area contributed by atoms with Gasteiger partial charge in [0, 0.05) is 6.20 Å². The summed E-state index contributed by atoms with van der Waals surface area (Å²) in [4.78, 5) is 15.3. The van der Waals surface area contributed by atoms with Crippen molar-refractivity contribution in [1.29, 1.82) is 0 Å². The van der Waals surface area contributed by atoms with Gasteiger partial charge in [-0.15, -0.1) is 0 Å². The number of halogens is 4. The van der Waals surface area contributed by atoms with Gasteiger partial charge >= 0.3 is 12.3 Å². The maximum Gasteiger partial charge on any atom is 0.330 e. The maximum absolute atomic E-state index is 12.5. The largest absolute Gasteiger partial charge is 0.494 e. The summed E-state index contributed by atoms with van der Waals surface area (Å²) >= 11 is 0. The van der Waals surface area contributed by atoms with Crippen molar-refractivity contribution in [3.8, 4) is 5.75 Å². The van der Waals surface area contributed by atoms with Crippen molar-refractivity contribution >= 4 is 5.78 Å². The highest BCUT2D eigenvalue weighted by molar-refractivity contribution is 5.97. The monoisotopic (exact) mass is 281 g/mol. The molecule has 1 aromatic heterocycles. The third-order valence-electron chi connectivity index (χ3n) is 2.10. The molecule has 106 valence electrons. The summed E-state index contributed by atoms with van der Waals surface area (Å²) < 4.78 is 57.8. The highest BCUT2D eigenvalue weighted by Crippen LogP contribution is 2.23. The Balaban J connectivity index is 2.57. The Morgan fingerprint density at radius 3 is 2.74 bits per heavy atom. The number of carbonyl (C=O) groups is 1. The molecule has 0 aliphatic rings. The number of pyridine rings is 1. The van der Waals surface area contributed by atoms with Crippen molar-refractivity contribution in [3.63, 3.8) is 0 Å². The van der Waals surface area contributed by atoms with Gasteiger partial charge in [-0.2, -0.15) is 8.78 Å². The molecule has 0 atom stereocenters. The molecule has 0 spiro atoms. The van der Waals surface area contributed by atoms with Gasteiger partial charge in [0.1, 0.15) is 19.0 Å². The Morgan fingerprint density at radius 2 is 2.16 bits per heavy atom. The molecule has 0 saturated carbocycles. The number of alkyl halides is 4. The zero-order valence-corrected chi connectivity index (χ0v) is 9.91. The molecule has 1 rings (SSSR count). The first kappa shape index (κ1) is 15.4. The second-order valence-electron chi connectivity index (χ2n) is 3.53. The summed E-state index contributed by atoms with van der Waals surface area (Å²) in [7, 11) is 1.31. The summed E-state index contributed by atoms with van der Waals surface area (Å²) in [6, 6.07) is 2.97. The average molecular weight is 281 g/mol. The molecular weight excluding hydrogens is 270 g/mol. The van der Waals surface area contributed by atoms with Gasteiger partial charge in [-0.25, -0.2) is 13.8 Å². The Kier molecular flexibility index (Phi) is 5.22. The second kappa shape index (κ2) is 6.46. The number of methoxy groups -OCH3 is 1. The number of aromatic nitrogens is 1. The van der Waals surface area contributed by atoms with E-state index >= 15 is 0 Å². The summed E-state index contributed by atoms with van der Waals surface area (Å²) in [5.41, 5.74) is -0.106. The van der Waals surface area contributed by atoms with Crippen LogP contribution in [-0.2, 0) is 4.74 Å². The SMILES string of the molecule is COc1cccnc1C(=O)COCC(F)(F)C(F)F. The van der Waals surface area contributed by atoms with Crippen molar-refractivity contribution in [1.82, 2.24) is 4.98 Å². The quantitative estimate of drug-likeness (QED) is 0.568. The number of hydrogen-bond acceptors (Lipinski definition) is 4. The van der Waals surface area contributed by atoms with E-state index in [-0.39, 0.29) is 11.4 Å². The predicted octanol–water partition coefficient (Wildman–Crippen LogP) is 2.19. The number of hydrogen-bond donors (Lipinski definition) is 0. The van der Waals surface area contributed by atoms with Gasteiger partial charge in [0.2, 0.25) is 5.78 Å². The lowest BCUT2D eigenvalue weighted by molar-refractivity contribution is -0.163. The molecule has 1 aromatic rings. The van der Waals surface area contributed by atoms with Gasteiger partial charge in [0.15, 0.2) is 5.69 Å². The van der Waals surface area contributed by atoms with E-state index in [1.807, 2.05) is 0 Å². The van der Waals surface area contributed by atoms with Crippen LogP contribution in [0.15, 0.2) is 18.3 Å². The zero-order chi connectivity index (χ0) is 14.5. The summed E-state index contributed by atoms with van der Waals surface area (Å²) in [6.07, 6.45) is -2.53. The van der Waals surface area contributed by atoms with Gasteiger partial charge in [0.25, 0.3) is 0 Å². The lowest BCUT2D eigenvalue weighted by Crippen LogP contribution is -2.33. The summed E-state index contributed by atoms with van der Waals surface area (Å²) in [5, 5.41) is 0. The smallest absolute Gasteiger partial charge is 0.330 e. The molecule has 8 heteroatoms. The van der Waals surface area contributed by atoms with E-state index < -0.39 is 31.3 Å². The average Bonchev–Trinajstić information content (AvgIpc) is 2.38. The van der Waals surface area contributed by atoms with Crippen LogP contribution < -0.4 is 4.74 Å². The third kappa shape index (κ3) is 4.16. The minimum Gasteiger partial charge on any atom is -0.494 e. The Labute approximate surface area is 106 Å². The van der Waals surface area contributed by atoms with Crippen molar-refractivity contribution < 1.29 is 31.8 Å². The van der Waals surface area contributed by atoms with Crippen LogP contribution in [0.1, 0.15) is 10.5 Å². The molecular formula is C11H11F4NO3. The Bertz CT molecular complexity index is 440. The predicted molar refractivity (Wildman–Crippen MR) is 56.9 cm³/mol. The molecule has 1 heterocycles. The van der Waals surface area contributed by atoms with E-state index in [1.54, 1.807) is 0 Å². The van der Waals surface area contributed by atoms with E-state index in [0.717, 1.165) is 0 Å². The number of Topliss-reactive ketones (excluding diaryl/α,β-unsaturated/α-hetero) is 1. The molecule has 0 amide bonds. The van der Waals surface area contributed by atoms with E-state index in [0.29, 0.717) is 0 Å². The van der Waals surface area contributed by atoms with Crippen molar-refractivity contribution in [2.24, 2.45) is 0 Å². The number of ketones is 1. The molecule has 0 aromatic carbocycles. The highest BCUT2D eigenvalue weighted by atomic mass is 19.3. The molecule has 0 saturated heterocycles. The molecule has 0 N–H and O–H groups in total. The van der Waals surface area contributed by atoms with Crippen LogP contribution in [0.25, 0.3) is 0 Å². The summed E-state index contributed by atoms with van der Waals surface area (Å²) in [5.74, 6) is -4.87. The lowest BCUT2D eigenvalue weighted by Gasteiger charge is -2.14. The Hall–Kier alpha value is -1.70. The van der Waals surface area contributed by atoms with Crippen LogP contribution in [-0.4, -0.2) is 43.4 Å². The fourth-order valence-electron chi connectivity index (χ4n) is 1.18. The van der Waals surface area contributed by atoms with Crippen LogP contribution in [0, 0.1) is 0 Å². The van der Waals surface area contributed by atoms with E-state index in [2.05, 4.69) is 9.72 Å². The molecule has 4 nitrogen and oxygen atoms in total. The highest BCUT2D eigenvalue weighted by Gasteiger charge is 2.41. The van der Waals surface area contributed by atoms with Crippen LogP contribution >= 0.6 is 0 Å². The van der Waals surface area contributed by atoms with Gasteiger partial charge in [-0.3, -0.25) is 4.79 Å². The molecule has 19 heavy (non-hydrogen) atoms. The first-order chi connectivity index (χ1) is 8.88.